The van der Waals surface area contributed by atoms with Crippen molar-refractivity contribution in [2.45, 2.75) is 33.1 Å². The van der Waals surface area contributed by atoms with Crippen LogP contribution < -0.4 is 19.5 Å². The first-order valence-corrected chi connectivity index (χ1v) is 10.8. The highest BCUT2D eigenvalue weighted by molar-refractivity contribution is 6.31. The molecule has 0 aromatic heterocycles. The lowest BCUT2D eigenvalue weighted by Gasteiger charge is -2.29. The van der Waals surface area contributed by atoms with Gasteiger partial charge in [0.2, 0.25) is 0 Å². The van der Waals surface area contributed by atoms with Gasteiger partial charge in [-0.25, -0.2) is 0 Å². The number of methoxy groups -OCH3 is 2. The number of allylic oxidation sites excluding steroid dienone is 4. The van der Waals surface area contributed by atoms with Crippen LogP contribution in [0.2, 0.25) is 0 Å². The molecule has 0 unspecified atom stereocenters. The van der Waals surface area contributed by atoms with Gasteiger partial charge in [0.1, 0.15) is 45.5 Å². The van der Waals surface area contributed by atoms with Gasteiger partial charge in [0.25, 0.3) is 0 Å². The molecule has 0 radical (unpaired) electrons. The van der Waals surface area contributed by atoms with Crippen LogP contribution in [0.15, 0.2) is 41.3 Å². The number of carbonyl (C=O) groups is 3. The lowest BCUT2D eigenvalue weighted by molar-refractivity contribution is -0.123. The number of ketones is 3. The van der Waals surface area contributed by atoms with E-state index >= 15 is 0 Å². The molecule has 0 saturated carbocycles. The fourth-order valence-electron chi connectivity index (χ4n) is 4.54. The first kappa shape index (κ1) is 23.9. The highest BCUT2D eigenvalue weighted by Crippen LogP contribution is 2.57. The number of Topliss-reactive ketones (excluding diaryl/α,β-unsaturated/α-hetero) is 2. The quantitative estimate of drug-likeness (QED) is 0.334. The maximum absolute atomic E-state index is 13.9. The molecule has 2 aliphatic rings. The zero-order chi connectivity index (χ0) is 25.8. The highest BCUT2D eigenvalue weighted by Gasteiger charge is 2.56. The monoisotopic (exact) mass is 479 g/mol. The van der Waals surface area contributed by atoms with Gasteiger partial charge < -0.3 is 29.7 Å². The molecule has 0 spiro atoms. The molecular weight excluding hydrogens is 454 g/mol. The van der Waals surface area contributed by atoms with Crippen LogP contribution in [0.1, 0.15) is 42.3 Å². The van der Waals surface area contributed by atoms with E-state index in [9.17, 15) is 24.6 Å². The van der Waals surface area contributed by atoms with Crippen LogP contribution in [-0.2, 0) is 15.0 Å². The van der Waals surface area contributed by atoms with Crippen molar-refractivity contribution in [3.63, 3.8) is 0 Å². The molecular formula is C26H25NO8. The van der Waals surface area contributed by atoms with Crippen LogP contribution in [0.4, 0.5) is 5.69 Å². The van der Waals surface area contributed by atoms with Gasteiger partial charge in [-0.3, -0.25) is 14.4 Å². The number of carbonyl (C=O) groups excluding carboxylic acids is 3. The normalized spacial score (nSPS) is 19.9. The summed E-state index contributed by atoms with van der Waals surface area (Å²) in [5, 5.41) is 24.4. The molecule has 0 bridgehead atoms. The molecule has 35 heavy (non-hydrogen) atoms. The van der Waals surface area contributed by atoms with Crippen molar-refractivity contribution in [3.05, 3.63) is 58.0 Å². The van der Waals surface area contributed by atoms with Gasteiger partial charge in [0, 0.05) is 23.4 Å². The molecule has 0 saturated heterocycles. The molecule has 1 aliphatic heterocycles. The molecule has 4 rings (SSSR count). The lowest BCUT2D eigenvalue weighted by atomic mass is 9.70. The van der Waals surface area contributed by atoms with Crippen LogP contribution in [-0.4, -0.2) is 41.8 Å². The minimum absolute atomic E-state index is 0.0270. The molecule has 1 aliphatic carbocycles. The number of phenolic OH excluding ortho intramolecular Hbond substituents is 2. The van der Waals surface area contributed by atoms with E-state index in [4.69, 9.17) is 14.2 Å². The predicted octanol–water partition coefficient (Wildman–Crippen LogP) is 3.70. The largest absolute Gasteiger partial charge is 0.507 e. The Balaban J connectivity index is 1.90. The van der Waals surface area contributed by atoms with Crippen LogP contribution >= 0.6 is 0 Å². The van der Waals surface area contributed by atoms with Crippen LogP contribution in [0.5, 0.6) is 28.7 Å². The molecule has 182 valence electrons. The number of ether oxygens (including phenoxy) is 3. The van der Waals surface area contributed by atoms with Gasteiger partial charge in [-0.1, -0.05) is 0 Å². The minimum atomic E-state index is -1.59. The first-order chi connectivity index (χ1) is 16.5. The third kappa shape index (κ3) is 3.34. The Labute approximate surface area is 201 Å². The van der Waals surface area contributed by atoms with E-state index in [1.165, 1.54) is 41.1 Å². The molecule has 2 aromatic carbocycles. The Morgan fingerprint density at radius 1 is 1.09 bits per heavy atom. The van der Waals surface area contributed by atoms with Crippen molar-refractivity contribution in [2.24, 2.45) is 0 Å². The van der Waals surface area contributed by atoms with Crippen molar-refractivity contribution in [2.75, 3.05) is 19.5 Å². The topological polar surface area (TPSA) is 131 Å². The van der Waals surface area contributed by atoms with Gasteiger partial charge in [-0.2, -0.15) is 0 Å². The van der Waals surface area contributed by atoms with Crippen molar-refractivity contribution in [1.29, 1.82) is 0 Å². The molecule has 2 aromatic rings. The highest BCUT2D eigenvalue weighted by atomic mass is 16.5. The summed E-state index contributed by atoms with van der Waals surface area (Å²) in [6.07, 6.45) is 1.17. The number of anilines is 1. The van der Waals surface area contributed by atoms with Gasteiger partial charge in [-0.05, 0) is 39.8 Å². The average Bonchev–Trinajstić information content (AvgIpc) is 3.10. The van der Waals surface area contributed by atoms with Crippen LogP contribution in [0.25, 0.3) is 0 Å². The molecule has 0 fully saturated rings. The first-order valence-electron chi connectivity index (χ1n) is 10.8. The SMILES string of the molecule is COc1ccc(OC)c(N/C(C)=C2/C(=O)C=C3Oc4c(C(C)=O)c(O)c(C)c(O)c4[C@@]3(C)C2=O)c1. The van der Waals surface area contributed by atoms with E-state index < -0.39 is 28.5 Å². The van der Waals surface area contributed by atoms with Crippen molar-refractivity contribution in [3.8, 4) is 28.7 Å². The molecule has 3 N–H and O–H groups in total. The summed E-state index contributed by atoms with van der Waals surface area (Å²) >= 11 is 0. The third-order valence-electron chi connectivity index (χ3n) is 6.49. The van der Waals surface area contributed by atoms with Gasteiger partial charge >= 0.3 is 0 Å². The van der Waals surface area contributed by atoms with E-state index in [0.717, 1.165) is 0 Å². The van der Waals surface area contributed by atoms with Crippen molar-refractivity contribution in [1.82, 2.24) is 0 Å². The number of rotatable bonds is 5. The number of nitrogens with one attached hydrogen (secondary N) is 1. The Kier molecular flexibility index (Phi) is 5.59. The second-order valence-corrected chi connectivity index (χ2v) is 8.58. The maximum atomic E-state index is 13.9. The zero-order valence-electron chi connectivity index (χ0n) is 20.2. The van der Waals surface area contributed by atoms with Gasteiger partial charge in [0.15, 0.2) is 17.3 Å². The Morgan fingerprint density at radius 2 is 1.77 bits per heavy atom. The fraction of sp³-hybridized carbons (Fsp3) is 0.269. The number of hydrogen-bond acceptors (Lipinski definition) is 9. The van der Waals surface area contributed by atoms with E-state index in [2.05, 4.69) is 5.32 Å². The molecule has 1 heterocycles. The number of hydrogen-bond donors (Lipinski definition) is 3. The standard InChI is InChI=1S/C26H25NO8/c1-11-22(30)20(13(3)28)24-21(23(11)31)26(4)18(35-24)10-16(29)19(25(26)32)12(2)27-15-9-14(33-5)7-8-17(15)34-6/h7-10,27,30-31H,1-6H3/b19-12-/t26-/m0/s1. The maximum Gasteiger partial charge on any atom is 0.194 e. The zero-order valence-corrected chi connectivity index (χ0v) is 20.2. The smallest absolute Gasteiger partial charge is 0.194 e. The third-order valence-corrected chi connectivity index (χ3v) is 6.49. The van der Waals surface area contributed by atoms with E-state index in [1.54, 1.807) is 25.1 Å². The van der Waals surface area contributed by atoms with Crippen LogP contribution in [0, 0.1) is 6.92 Å². The lowest BCUT2D eigenvalue weighted by Crippen LogP contribution is -2.40. The molecule has 9 nitrogen and oxygen atoms in total. The predicted molar refractivity (Wildman–Crippen MR) is 126 cm³/mol. The summed E-state index contributed by atoms with van der Waals surface area (Å²) in [5.41, 5.74) is -1.11. The van der Waals surface area contributed by atoms with Crippen LogP contribution in [0.3, 0.4) is 0 Å². The van der Waals surface area contributed by atoms with Crippen molar-refractivity contribution < 1.29 is 38.8 Å². The summed E-state index contributed by atoms with van der Waals surface area (Å²) in [5.74, 6) is -1.71. The average molecular weight is 479 g/mol. The fourth-order valence-corrected chi connectivity index (χ4v) is 4.54. The summed E-state index contributed by atoms with van der Waals surface area (Å²) in [6.45, 7) is 5.76. The minimum Gasteiger partial charge on any atom is -0.507 e. The Morgan fingerprint density at radius 3 is 2.37 bits per heavy atom. The molecule has 0 amide bonds. The van der Waals surface area contributed by atoms with Gasteiger partial charge in [0.05, 0.1) is 31.0 Å². The summed E-state index contributed by atoms with van der Waals surface area (Å²) in [6, 6.07) is 5.05. The van der Waals surface area contributed by atoms with Crippen molar-refractivity contribution >= 4 is 23.0 Å². The van der Waals surface area contributed by atoms with E-state index in [0.29, 0.717) is 17.2 Å². The van der Waals surface area contributed by atoms with E-state index in [-0.39, 0.29) is 45.2 Å². The summed E-state index contributed by atoms with van der Waals surface area (Å²) < 4.78 is 16.4. The number of fused-ring (bicyclic) bond motifs is 3. The number of benzene rings is 2. The second kappa shape index (κ2) is 8.19. The molecule has 1 atom stereocenters. The van der Waals surface area contributed by atoms with Gasteiger partial charge in [-0.15, -0.1) is 0 Å². The number of aromatic hydroxyl groups is 2. The number of phenols is 2. The summed E-state index contributed by atoms with van der Waals surface area (Å²) in [7, 11) is 3.00. The Hall–Kier alpha value is -4.27. The Bertz CT molecular complexity index is 1380. The summed E-state index contributed by atoms with van der Waals surface area (Å²) in [4.78, 5) is 39.3. The second-order valence-electron chi connectivity index (χ2n) is 8.58. The molecule has 9 heteroatoms. The van der Waals surface area contributed by atoms with E-state index in [1.807, 2.05) is 0 Å².